The molecule has 0 radical (unpaired) electrons. The molecule has 0 saturated carbocycles. The number of hydrogen-bond acceptors (Lipinski definition) is 5. The standard InChI is InChI=1S/C8H14N4O3/c1-12-2-6(9)7(11-12)8(15)10-5(3-13)4-14/h2,5,13-14H,3-4,9H2,1H3,(H,10,15). The van der Waals surface area contributed by atoms with Crippen LogP contribution in [0.15, 0.2) is 6.20 Å². The van der Waals surface area contributed by atoms with Crippen LogP contribution in [-0.4, -0.2) is 45.2 Å². The van der Waals surface area contributed by atoms with Crippen molar-refractivity contribution in [3.05, 3.63) is 11.9 Å². The molecule has 5 N–H and O–H groups in total. The third-order valence-corrected chi connectivity index (χ3v) is 1.85. The van der Waals surface area contributed by atoms with Gasteiger partial charge in [-0.3, -0.25) is 9.48 Å². The fourth-order valence-electron chi connectivity index (χ4n) is 1.09. The summed E-state index contributed by atoms with van der Waals surface area (Å²) < 4.78 is 1.41. The lowest BCUT2D eigenvalue weighted by atomic mass is 10.3. The van der Waals surface area contributed by atoms with Crippen LogP contribution in [0.5, 0.6) is 0 Å². The maximum Gasteiger partial charge on any atom is 0.274 e. The zero-order valence-electron chi connectivity index (χ0n) is 8.34. The van der Waals surface area contributed by atoms with E-state index in [9.17, 15) is 4.79 Å². The first kappa shape index (κ1) is 11.5. The summed E-state index contributed by atoms with van der Waals surface area (Å²) in [5, 5.41) is 23.8. The number of nitrogens with two attached hydrogens (primary N) is 1. The van der Waals surface area contributed by atoms with Crippen LogP contribution in [0.3, 0.4) is 0 Å². The number of nitrogen functional groups attached to an aromatic ring is 1. The second kappa shape index (κ2) is 4.76. The van der Waals surface area contributed by atoms with Crippen molar-refractivity contribution >= 4 is 11.6 Å². The predicted octanol–water partition coefficient (Wildman–Crippen LogP) is -1.91. The third kappa shape index (κ3) is 2.67. The number of aryl methyl sites for hydroxylation is 1. The van der Waals surface area contributed by atoms with Crippen molar-refractivity contribution in [3.63, 3.8) is 0 Å². The Kier molecular flexibility index (Phi) is 3.64. The van der Waals surface area contributed by atoms with Crippen LogP contribution in [0.1, 0.15) is 10.5 Å². The van der Waals surface area contributed by atoms with Crippen molar-refractivity contribution in [2.24, 2.45) is 7.05 Å². The Bertz CT molecular complexity index is 346. The molecule has 15 heavy (non-hydrogen) atoms. The molecule has 84 valence electrons. The van der Waals surface area contributed by atoms with E-state index < -0.39 is 11.9 Å². The number of aliphatic hydroxyl groups excluding tert-OH is 2. The minimum atomic E-state index is -0.695. The molecule has 7 heteroatoms. The van der Waals surface area contributed by atoms with E-state index in [0.717, 1.165) is 0 Å². The fourth-order valence-corrected chi connectivity index (χ4v) is 1.09. The van der Waals surface area contributed by atoms with Crippen molar-refractivity contribution < 1.29 is 15.0 Å². The lowest BCUT2D eigenvalue weighted by molar-refractivity contribution is 0.0874. The number of carbonyl (C=O) groups excluding carboxylic acids is 1. The van der Waals surface area contributed by atoms with Crippen molar-refractivity contribution in [1.29, 1.82) is 0 Å². The van der Waals surface area contributed by atoms with Gasteiger partial charge in [-0.25, -0.2) is 0 Å². The van der Waals surface area contributed by atoms with Gasteiger partial charge in [0.2, 0.25) is 0 Å². The summed E-state index contributed by atoms with van der Waals surface area (Å²) in [5.41, 5.74) is 5.87. The van der Waals surface area contributed by atoms with E-state index in [0.29, 0.717) is 0 Å². The first-order chi connectivity index (χ1) is 7.08. The largest absolute Gasteiger partial charge is 0.396 e. The average molecular weight is 214 g/mol. The van der Waals surface area contributed by atoms with Gasteiger partial charge in [0, 0.05) is 13.2 Å². The molecule has 0 aromatic carbocycles. The van der Waals surface area contributed by atoms with E-state index >= 15 is 0 Å². The molecule has 1 amide bonds. The van der Waals surface area contributed by atoms with Crippen LogP contribution in [0.4, 0.5) is 5.69 Å². The summed E-state index contributed by atoms with van der Waals surface area (Å²) >= 11 is 0. The van der Waals surface area contributed by atoms with Crippen LogP contribution < -0.4 is 11.1 Å². The molecule has 0 saturated heterocycles. The van der Waals surface area contributed by atoms with Gasteiger partial charge in [0.15, 0.2) is 5.69 Å². The number of carbonyl (C=O) groups is 1. The zero-order chi connectivity index (χ0) is 11.4. The highest BCUT2D eigenvalue weighted by atomic mass is 16.3. The van der Waals surface area contributed by atoms with E-state index in [2.05, 4.69) is 10.4 Å². The number of nitrogens with zero attached hydrogens (tertiary/aromatic N) is 2. The minimum absolute atomic E-state index is 0.0874. The lowest BCUT2D eigenvalue weighted by Crippen LogP contribution is -2.40. The van der Waals surface area contributed by atoms with Gasteiger partial charge in [0.05, 0.1) is 24.9 Å². The number of hydrogen-bond donors (Lipinski definition) is 4. The Morgan fingerprint density at radius 1 is 1.67 bits per heavy atom. The van der Waals surface area contributed by atoms with Gasteiger partial charge < -0.3 is 21.3 Å². The van der Waals surface area contributed by atoms with E-state index in [4.69, 9.17) is 15.9 Å². The van der Waals surface area contributed by atoms with Gasteiger partial charge in [-0.2, -0.15) is 5.10 Å². The number of nitrogens with one attached hydrogen (secondary N) is 1. The summed E-state index contributed by atoms with van der Waals surface area (Å²) in [7, 11) is 1.64. The van der Waals surface area contributed by atoms with Gasteiger partial charge in [-0.15, -0.1) is 0 Å². The number of rotatable bonds is 4. The van der Waals surface area contributed by atoms with E-state index in [-0.39, 0.29) is 24.6 Å². The van der Waals surface area contributed by atoms with Crippen LogP contribution in [-0.2, 0) is 7.05 Å². The molecule has 7 nitrogen and oxygen atoms in total. The highest BCUT2D eigenvalue weighted by Crippen LogP contribution is 2.07. The summed E-state index contributed by atoms with van der Waals surface area (Å²) in [4.78, 5) is 11.5. The summed E-state index contributed by atoms with van der Waals surface area (Å²) in [6, 6.07) is -0.695. The summed E-state index contributed by atoms with van der Waals surface area (Å²) in [6.07, 6.45) is 1.50. The Morgan fingerprint density at radius 2 is 2.27 bits per heavy atom. The monoisotopic (exact) mass is 214 g/mol. The second-order valence-electron chi connectivity index (χ2n) is 3.14. The number of anilines is 1. The van der Waals surface area contributed by atoms with Gasteiger partial charge >= 0.3 is 0 Å². The quantitative estimate of drug-likeness (QED) is 0.467. The molecule has 0 atom stereocenters. The van der Waals surface area contributed by atoms with Crippen LogP contribution in [0.2, 0.25) is 0 Å². The van der Waals surface area contributed by atoms with Gasteiger partial charge in [0.25, 0.3) is 5.91 Å². The number of aliphatic hydroxyl groups is 2. The molecule has 0 unspecified atom stereocenters. The molecule has 0 bridgehead atoms. The first-order valence-electron chi connectivity index (χ1n) is 4.40. The van der Waals surface area contributed by atoms with Crippen molar-refractivity contribution in [1.82, 2.24) is 15.1 Å². The third-order valence-electron chi connectivity index (χ3n) is 1.85. The van der Waals surface area contributed by atoms with Gasteiger partial charge in [-0.1, -0.05) is 0 Å². The highest BCUT2D eigenvalue weighted by molar-refractivity contribution is 5.97. The zero-order valence-corrected chi connectivity index (χ0v) is 8.34. The Morgan fingerprint density at radius 3 is 2.67 bits per heavy atom. The maximum atomic E-state index is 11.5. The van der Waals surface area contributed by atoms with E-state index in [1.807, 2.05) is 0 Å². The first-order valence-corrected chi connectivity index (χ1v) is 4.40. The lowest BCUT2D eigenvalue weighted by Gasteiger charge is -2.11. The average Bonchev–Trinajstić information content (AvgIpc) is 2.54. The molecule has 0 fully saturated rings. The molecule has 1 rings (SSSR count). The molecule has 1 heterocycles. The molecule has 0 aliphatic rings. The maximum absolute atomic E-state index is 11.5. The Hall–Kier alpha value is -1.60. The van der Waals surface area contributed by atoms with Crippen molar-refractivity contribution in [3.8, 4) is 0 Å². The predicted molar refractivity (Wildman–Crippen MR) is 53.0 cm³/mol. The Balaban J connectivity index is 2.72. The van der Waals surface area contributed by atoms with Crippen molar-refractivity contribution in [2.75, 3.05) is 18.9 Å². The molecule has 1 aromatic rings. The van der Waals surface area contributed by atoms with Crippen LogP contribution in [0.25, 0.3) is 0 Å². The molecular weight excluding hydrogens is 200 g/mol. The summed E-state index contributed by atoms with van der Waals surface area (Å²) in [5.74, 6) is -0.513. The summed E-state index contributed by atoms with van der Waals surface area (Å²) in [6.45, 7) is -0.677. The van der Waals surface area contributed by atoms with Crippen LogP contribution in [0, 0.1) is 0 Å². The SMILES string of the molecule is Cn1cc(N)c(C(=O)NC(CO)CO)n1. The minimum Gasteiger partial charge on any atom is -0.396 e. The normalized spacial score (nSPS) is 10.7. The van der Waals surface area contributed by atoms with Crippen molar-refractivity contribution in [2.45, 2.75) is 6.04 Å². The smallest absolute Gasteiger partial charge is 0.274 e. The highest BCUT2D eigenvalue weighted by Gasteiger charge is 2.17. The topological polar surface area (TPSA) is 113 Å². The molecule has 0 aliphatic heterocycles. The molecule has 0 aliphatic carbocycles. The molecular formula is C8H14N4O3. The fraction of sp³-hybridized carbons (Fsp3) is 0.500. The molecule has 0 spiro atoms. The van der Waals surface area contributed by atoms with Crippen LogP contribution >= 0.6 is 0 Å². The second-order valence-corrected chi connectivity index (χ2v) is 3.14. The van der Waals surface area contributed by atoms with Gasteiger partial charge in [-0.05, 0) is 0 Å². The number of aromatic nitrogens is 2. The molecule has 1 aromatic heterocycles. The van der Waals surface area contributed by atoms with E-state index in [1.54, 1.807) is 7.05 Å². The van der Waals surface area contributed by atoms with Gasteiger partial charge in [0.1, 0.15) is 0 Å². The number of amides is 1. The Labute approximate surface area is 86.5 Å². The van der Waals surface area contributed by atoms with E-state index in [1.165, 1.54) is 10.9 Å².